The van der Waals surface area contributed by atoms with Gasteiger partial charge in [-0.05, 0) is 116 Å². The van der Waals surface area contributed by atoms with Gasteiger partial charge >= 0.3 is 17.2 Å². The smallest absolute Gasteiger partial charge is 0.397 e. The summed E-state index contributed by atoms with van der Waals surface area (Å²) in [5.41, 5.74) is 7.33. The monoisotopic (exact) mass is 1580 g/mol. The van der Waals surface area contributed by atoms with Crippen LogP contribution in [0.2, 0.25) is 0 Å². The van der Waals surface area contributed by atoms with E-state index in [0.29, 0.717) is 26.4 Å². The van der Waals surface area contributed by atoms with Crippen LogP contribution in [-0.2, 0) is 59.6 Å². The molecule has 17 heteroatoms. The van der Waals surface area contributed by atoms with Crippen molar-refractivity contribution in [1.82, 2.24) is 0 Å². The predicted octanol–water partition coefficient (Wildman–Crippen LogP) is 29.7. The largest absolute Gasteiger partial charge is 0.480 e. The van der Waals surface area contributed by atoms with Crippen LogP contribution >= 0.6 is 54.6 Å². The Kier molecular flexibility index (Phi) is 49.5. The molecule has 0 amide bonds. The van der Waals surface area contributed by atoms with Gasteiger partial charge in [-0.1, -0.05) is 355 Å². The van der Waals surface area contributed by atoms with Crippen molar-refractivity contribution in [3.63, 3.8) is 0 Å². The molecule has 1 spiro atoms. The lowest BCUT2D eigenvalue weighted by molar-refractivity contribution is -0.0673. The molecule has 106 heavy (non-hydrogen) atoms. The predicted molar refractivity (Wildman–Crippen MR) is 470 cm³/mol. The van der Waals surface area contributed by atoms with E-state index >= 15 is 0 Å². The SMILES string of the molecule is CC(C)(C)c1ccc(OP)c(C(C)(C)C)c1.CC(C)(C)c1ccc(OP2OCC3(CO2)COP(Oc2ccc(C(C)(C)C)cc2C(C)(C)C)OC3)c(C(C)(C)C)c1.CC(C)CCCCCCCOP.CC(C)CCCCCCCOPOc1ccccc1.CCCCCCCCCC.POc1ccccc1. The molecule has 4 unspecified atom stereocenters. The summed E-state index contributed by atoms with van der Waals surface area (Å²) in [5, 5.41) is 0. The number of benzene rings is 5. The highest BCUT2D eigenvalue weighted by atomic mass is 31.2. The van der Waals surface area contributed by atoms with E-state index in [2.05, 4.69) is 249 Å². The third kappa shape index (κ3) is 43.5. The summed E-state index contributed by atoms with van der Waals surface area (Å²) in [5.74, 6) is 6.05. The van der Waals surface area contributed by atoms with E-state index in [0.717, 1.165) is 71.3 Å². The van der Waals surface area contributed by atoms with Crippen molar-refractivity contribution in [2.75, 3.05) is 39.6 Å². The minimum atomic E-state index is -1.52. The summed E-state index contributed by atoms with van der Waals surface area (Å²) in [6.07, 6.45) is 27.4. The van der Waals surface area contributed by atoms with E-state index in [4.69, 9.17) is 49.8 Å². The Balaban J connectivity index is 0.000000487. The summed E-state index contributed by atoms with van der Waals surface area (Å²) in [6, 6.07) is 38.8. The summed E-state index contributed by atoms with van der Waals surface area (Å²) < 4.78 is 63.2. The molecule has 0 radical (unpaired) electrons. The molecule has 0 aromatic heterocycles. The number of hydrogen-bond acceptors (Lipinski definition) is 11. The van der Waals surface area contributed by atoms with E-state index in [1.54, 1.807) is 0 Å². The van der Waals surface area contributed by atoms with Crippen LogP contribution in [0.3, 0.4) is 0 Å². The fraction of sp³-hybridized carbons (Fsp3) is 0.663. The zero-order valence-corrected chi connectivity index (χ0v) is 77.4. The Morgan fingerprint density at radius 2 is 0.698 bits per heavy atom. The molecule has 2 fully saturated rings. The number of rotatable bonds is 32. The normalized spacial score (nSPS) is 16.3. The lowest BCUT2D eigenvalue weighted by Crippen LogP contribution is -2.45. The number of hydrogen-bond donors (Lipinski definition) is 0. The van der Waals surface area contributed by atoms with Crippen molar-refractivity contribution in [1.29, 1.82) is 0 Å². The van der Waals surface area contributed by atoms with Crippen LogP contribution in [0.15, 0.2) is 115 Å². The Bertz CT molecular complexity index is 2910. The van der Waals surface area contributed by atoms with Crippen LogP contribution in [0.4, 0.5) is 0 Å². The van der Waals surface area contributed by atoms with Gasteiger partial charge in [-0.3, -0.25) is 0 Å². The zero-order chi connectivity index (χ0) is 79.5. The third-order valence-corrected chi connectivity index (χ3v) is 21.7. The molecule has 2 aliphatic heterocycles. The second-order valence-corrected chi connectivity index (χ2v) is 39.4. The van der Waals surface area contributed by atoms with Crippen LogP contribution < -0.4 is 22.6 Å². The van der Waals surface area contributed by atoms with Crippen molar-refractivity contribution >= 4 is 54.6 Å². The first kappa shape index (κ1) is 99.5. The van der Waals surface area contributed by atoms with E-state index in [1.165, 1.54) is 144 Å². The minimum Gasteiger partial charge on any atom is -0.480 e. The molecule has 4 atom stereocenters. The number of unbranched alkanes of at least 4 members (excludes halogenated alkanes) is 15. The first-order valence-corrected chi connectivity index (χ1v) is 44.4. The summed E-state index contributed by atoms with van der Waals surface area (Å²) in [7, 11) is 3.91. The first-order valence-electron chi connectivity index (χ1n) is 40.0. The van der Waals surface area contributed by atoms with Crippen LogP contribution in [-0.4, -0.2) is 39.6 Å². The van der Waals surface area contributed by atoms with Gasteiger partial charge in [0, 0.05) is 26.2 Å². The van der Waals surface area contributed by atoms with Gasteiger partial charge in [0.2, 0.25) is 9.03 Å². The highest BCUT2D eigenvalue weighted by molar-refractivity contribution is 7.42. The van der Waals surface area contributed by atoms with Gasteiger partial charge < -0.3 is 49.8 Å². The molecule has 0 aliphatic carbocycles. The lowest BCUT2D eigenvalue weighted by Gasteiger charge is -2.41. The maximum atomic E-state index is 6.31. The average molecular weight is 1580 g/mol. The quantitative estimate of drug-likeness (QED) is 0.0304. The molecular formula is C89H152O11P6. The maximum absolute atomic E-state index is 6.31. The van der Waals surface area contributed by atoms with Crippen molar-refractivity contribution in [2.24, 2.45) is 17.3 Å². The standard InChI is InChI=1S/C33H50O6P2.C16H27O2P.C14H23OP.C10H23OP.C10H22.C6H7OP/c1-29(2,3)23-13-15-27(25(17-23)31(7,8)9)38-40-34-19-33(20-35-40)21-36-41(37-22-33)39-28-16-14-24(30(4,5)6)18-26(28)32(10,11)12;1-15(2)11-7-4-3-5-10-14-17-19-18-16-12-8-6-9-13-16;1-13(2,3)10-7-8-12(15-16)11(9-10)14(4,5)6;1-10(2)8-6-4-3-5-7-9-11-12;1-3-5-7-9-10-8-6-4-2;8-7-6-4-2-1-3-5-6/h13-18H,19-22H2,1-12H3;6,8-9,12-13,15,19H,3-5,7,10-11,14H2,1-2H3;7-9H,16H2,1-6H3;10H,3-9,12H2,1-2H3;3-10H2,1-2H3;1-5H,8H2. The molecule has 0 N–H and O–H groups in total. The van der Waals surface area contributed by atoms with E-state index < -0.39 is 17.2 Å². The van der Waals surface area contributed by atoms with Crippen molar-refractivity contribution in [2.45, 2.75) is 327 Å². The minimum absolute atomic E-state index is 0.0579. The molecular weight excluding hydrogens is 1430 g/mol. The van der Waals surface area contributed by atoms with Gasteiger partial charge in [-0.15, -0.1) is 0 Å². The van der Waals surface area contributed by atoms with Gasteiger partial charge in [0.25, 0.3) is 0 Å². The lowest BCUT2D eigenvalue weighted by atomic mass is 9.80. The van der Waals surface area contributed by atoms with E-state index in [1.807, 2.05) is 60.7 Å². The molecule has 2 heterocycles. The molecule has 2 aliphatic rings. The van der Waals surface area contributed by atoms with E-state index in [-0.39, 0.29) is 46.9 Å². The molecule has 0 bridgehead atoms. The van der Waals surface area contributed by atoms with Gasteiger partial charge in [-0.2, -0.15) is 0 Å². The van der Waals surface area contributed by atoms with Crippen LogP contribution in [0.1, 0.15) is 328 Å². The number of para-hydroxylation sites is 2. The van der Waals surface area contributed by atoms with Crippen LogP contribution in [0.5, 0.6) is 28.7 Å². The van der Waals surface area contributed by atoms with Crippen molar-refractivity contribution < 1.29 is 49.8 Å². The molecule has 5 aromatic rings. The molecule has 11 nitrogen and oxygen atoms in total. The van der Waals surface area contributed by atoms with Crippen LogP contribution in [0.25, 0.3) is 0 Å². The van der Waals surface area contributed by atoms with E-state index in [9.17, 15) is 0 Å². The van der Waals surface area contributed by atoms with Gasteiger partial charge in [0.1, 0.15) is 28.7 Å². The molecule has 604 valence electrons. The highest BCUT2D eigenvalue weighted by Crippen LogP contribution is 2.55. The Labute approximate surface area is 661 Å². The Morgan fingerprint density at radius 3 is 1.01 bits per heavy atom. The zero-order valence-electron chi connectivity index (χ0n) is 71.1. The molecule has 0 saturated carbocycles. The third-order valence-electron chi connectivity index (χ3n) is 18.2. The summed E-state index contributed by atoms with van der Waals surface area (Å²) in [4.78, 5) is 0. The first-order chi connectivity index (χ1) is 49.8. The second kappa shape index (κ2) is 52.7. The van der Waals surface area contributed by atoms with Gasteiger partial charge in [-0.25, -0.2) is 0 Å². The Hall–Kier alpha value is -2.56. The highest BCUT2D eigenvalue weighted by Gasteiger charge is 2.45. The summed E-state index contributed by atoms with van der Waals surface area (Å²) in [6.45, 7) is 57.1. The molecule has 2 saturated heterocycles. The fourth-order valence-electron chi connectivity index (χ4n) is 11.2. The van der Waals surface area contributed by atoms with Crippen molar-refractivity contribution in [3.8, 4) is 28.7 Å². The van der Waals surface area contributed by atoms with Gasteiger partial charge in [0.05, 0.1) is 64.0 Å². The molecule has 7 rings (SSSR count). The fourth-order valence-corrected chi connectivity index (χ4v) is 14.8. The van der Waals surface area contributed by atoms with Crippen LogP contribution in [0, 0.1) is 17.3 Å². The second-order valence-electron chi connectivity index (χ2n) is 35.6. The molecule has 5 aromatic carbocycles. The van der Waals surface area contributed by atoms with Gasteiger partial charge in [0.15, 0.2) is 0 Å². The Morgan fingerprint density at radius 1 is 0.377 bits per heavy atom. The average Bonchev–Trinajstić information content (AvgIpc) is 0.782. The maximum Gasteiger partial charge on any atom is 0.397 e. The van der Waals surface area contributed by atoms with Crippen molar-refractivity contribution in [3.05, 3.63) is 149 Å². The summed E-state index contributed by atoms with van der Waals surface area (Å²) >= 11 is 0. The topological polar surface area (TPSA) is 102 Å².